The largest absolute Gasteiger partial charge is 0.0887 e. The van der Waals surface area contributed by atoms with Crippen molar-refractivity contribution in [3.8, 4) is 0 Å². The fraction of sp³-hybridized carbons (Fsp3) is 1.00. The SMILES string of the molecule is CC1C(Br)CC1(C)Br. The summed E-state index contributed by atoms with van der Waals surface area (Å²) in [5.41, 5.74) is 0. The minimum atomic E-state index is 0.418. The predicted molar refractivity (Wildman–Crippen MR) is 43.8 cm³/mol. The normalized spacial score (nSPS) is 55.5. The molecule has 0 aromatic rings. The van der Waals surface area contributed by atoms with Crippen molar-refractivity contribution in [2.45, 2.75) is 29.4 Å². The van der Waals surface area contributed by atoms with Gasteiger partial charge in [-0.2, -0.15) is 0 Å². The van der Waals surface area contributed by atoms with Crippen LogP contribution in [0.25, 0.3) is 0 Å². The molecule has 0 radical (unpaired) electrons. The van der Waals surface area contributed by atoms with Crippen LogP contribution in [0.15, 0.2) is 0 Å². The van der Waals surface area contributed by atoms with Crippen molar-refractivity contribution in [2.75, 3.05) is 0 Å². The highest BCUT2D eigenvalue weighted by atomic mass is 79.9. The Labute approximate surface area is 67.3 Å². The van der Waals surface area contributed by atoms with Crippen LogP contribution < -0.4 is 0 Å². The maximum absolute atomic E-state index is 3.64. The van der Waals surface area contributed by atoms with Gasteiger partial charge in [0.15, 0.2) is 0 Å². The fourth-order valence-electron chi connectivity index (χ4n) is 0.961. The third-order valence-corrected chi connectivity index (χ3v) is 4.25. The number of rotatable bonds is 0. The molecule has 2 heteroatoms. The van der Waals surface area contributed by atoms with Crippen molar-refractivity contribution < 1.29 is 0 Å². The summed E-state index contributed by atoms with van der Waals surface area (Å²) in [7, 11) is 0. The van der Waals surface area contributed by atoms with Gasteiger partial charge in [0.2, 0.25) is 0 Å². The molecule has 1 aliphatic rings. The lowest BCUT2D eigenvalue weighted by atomic mass is 9.76. The lowest BCUT2D eigenvalue weighted by molar-refractivity contribution is 0.287. The third-order valence-electron chi connectivity index (χ3n) is 2.09. The monoisotopic (exact) mass is 240 g/mol. The zero-order valence-corrected chi connectivity index (χ0v) is 8.29. The zero-order valence-electron chi connectivity index (χ0n) is 5.12. The third kappa shape index (κ3) is 0.971. The molecule has 1 rings (SSSR count). The van der Waals surface area contributed by atoms with Crippen molar-refractivity contribution in [1.29, 1.82) is 0 Å². The highest BCUT2D eigenvalue weighted by molar-refractivity contribution is 9.10. The molecule has 8 heavy (non-hydrogen) atoms. The Hall–Kier alpha value is 0.960. The van der Waals surface area contributed by atoms with Crippen LogP contribution in [0.4, 0.5) is 0 Å². The van der Waals surface area contributed by atoms with Crippen molar-refractivity contribution in [3.05, 3.63) is 0 Å². The summed E-state index contributed by atoms with van der Waals surface area (Å²) in [6, 6.07) is 0. The first-order valence-corrected chi connectivity index (χ1v) is 4.58. The summed E-state index contributed by atoms with van der Waals surface area (Å²) in [6.45, 7) is 4.51. The molecule has 0 saturated heterocycles. The second-order valence-electron chi connectivity index (χ2n) is 2.79. The van der Waals surface area contributed by atoms with Gasteiger partial charge in [0, 0.05) is 9.15 Å². The van der Waals surface area contributed by atoms with E-state index in [1.54, 1.807) is 0 Å². The van der Waals surface area contributed by atoms with E-state index in [1.165, 1.54) is 6.42 Å². The Morgan fingerprint density at radius 1 is 1.62 bits per heavy atom. The van der Waals surface area contributed by atoms with Crippen LogP contribution in [-0.2, 0) is 0 Å². The second kappa shape index (κ2) is 1.98. The van der Waals surface area contributed by atoms with E-state index in [0.29, 0.717) is 4.32 Å². The molecule has 0 N–H and O–H groups in total. The van der Waals surface area contributed by atoms with E-state index in [9.17, 15) is 0 Å². The van der Waals surface area contributed by atoms with Gasteiger partial charge in [0.1, 0.15) is 0 Å². The van der Waals surface area contributed by atoms with Crippen molar-refractivity contribution >= 4 is 31.9 Å². The summed E-state index contributed by atoms with van der Waals surface area (Å²) < 4.78 is 0.418. The highest BCUT2D eigenvalue weighted by Crippen LogP contribution is 2.48. The Morgan fingerprint density at radius 3 is 2.12 bits per heavy atom. The van der Waals surface area contributed by atoms with Crippen molar-refractivity contribution in [2.24, 2.45) is 5.92 Å². The molecule has 0 bridgehead atoms. The van der Waals surface area contributed by atoms with Gasteiger partial charge in [0.25, 0.3) is 0 Å². The van der Waals surface area contributed by atoms with Crippen molar-refractivity contribution in [1.82, 2.24) is 0 Å². The first kappa shape index (κ1) is 7.07. The highest BCUT2D eigenvalue weighted by Gasteiger charge is 2.44. The first-order valence-electron chi connectivity index (χ1n) is 2.87. The molecule has 0 heterocycles. The van der Waals surface area contributed by atoms with E-state index in [4.69, 9.17) is 0 Å². The van der Waals surface area contributed by atoms with Crippen LogP contribution in [0.5, 0.6) is 0 Å². The van der Waals surface area contributed by atoms with E-state index in [-0.39, 0.29) is 0 Å². The molecule has 3 unspecified atom stereocenters. The number of halogens is 2. The molecule has 0 aliphatic heterocycles. The zero-order chi connectivity index (χ0) is 6.36. The first-order chi connectivity index (χ1) is 3.54. The van der Waals surface area contributed by atoms with E-state index in [1.807, 2.05) is 0 Å². The molecule has 0 nitrogen and oxygen atoms in total. The van der Waals surface area contributed by atoms with Gasteiger partial charge in [-0.15, -0.1) is 0 Å². The number of hydrogen-bond donors (Lipinski definition) is 0. The molecule has 0 spiro atoms. The van der Waals surface area contributed by atoms with E-state index in [0.717, 1.165) is 10.7 Å². The molecule has 1 saturated carbocycles. The van der Waals surface area contributed by atoms with Gasteiger partial charge in [-0.3, -0.25) is 0 Å². The Kier molecular flexibility index (Phi) is 1.75. The van der Waals surface area contributed by atoms with Crippen LogP contribution in [-0.4, -0.2) is 9.15 Å². The second-order valence-corrected chi connectivity index (χ2v) is 5.77. The molecular formula is C6H10Br2. The summed E-state index contributed by atoms with van der Waals surface area (Å²) in [5, 5.41) is 0. The quantitative estimate of drug-likeness (QED) is 0.573. The molecule has 1 aliphatic carbocycles. The minimum Gasteiger partial charge on any atom is -0.0887 e. The Morgan fingerprint density at radius 2 is 2.12 bits per heavy atom. The van der Waals surface area contributed by atoms with Crippen LogP contribution >= 0.6 is 31.9 Å². The molecule has 0 aromatic carbocycles. The number of alkyl halides is 2. The number of hydrogen-bond acceptors (Lipinski definition) is 0. The standard InChI is InChI=1S/C6H10Br2/c1-4-5(7)3-6(4,2)8/h4-5H,3H2,1-2H3. The maximum Gasteiger partial charge on any atom is 0.0276 e. The molecular weight excluding hydrogens is 232 g/mol. The Balaban J connectivity index is 2.47. The van der Waals surface area contributed by atoms with Crippen LogP contribution in [0.1, 0.15) is 20.3 Å². The summed E-state index contributed by atoms with van der Waals surface area (Å²) in [6.07, 6.45) is 1.26. The van der Waals surface area contributed by atoms with Crippen molar-refractivity contribution in [3.63, 3.8) is 0 Å². The maximum atomic E-state index is 3.64. The fourth-order valence-corrected chi connectivity index (χ4v) is 3.67. The van der Waals surface area contributed by atoms with Crippen LogP contribution in [0.2, 0.25) is 0 Å². The molecule has 3 atom stereocenters. The average Bonchev–Trinajstić information content (AvgIpc) is 1.65. The van der Waals surface area contributed by atoms with Gasteiger partial charge in [-0.1, -0.05) is 38.8 Å². The van der Waals surface area contributed by atoms with E-state index < -0.39 is 0 Å². The van der Waals surface area contributed by atoms with Gasteiger partial charge >= 0.3 is 0 Å². The smallest absolute Gasteiger partial charge is 0.0276 e. The lowest BCUT2D eigenvalue weighted by Gasteiger charge is -2.45. The van der Waals surface area contributed by atoms with E-state index >= 15 is 0 Å². The molecule has 0 amide bonds. The van der Waals surface area contributed by atoms with Gasteiger partial charge in [-0.25, -0.2) is 0 Å². The minimum absolute atomic E-state index is 0.418. The molecule has 0 aromatic heterocycles. The molecule has 48 valence electrons. The summed E-state index contributed by atoms with van der Waals surface area (Å²) in [4.78, 5) is 0.742. The summed E-state index contributed by atoms with van der Waals surface area (Å²) >= 11 is 7.21. The average molecular weight is 242 g/mol. The summed E-state index contributed by atoms with van der Waals surface area (Å²) in [5.74, 6) is 0.780. The van der Waals surface area contributed by atoms with Gasteiger partial charge in [-0.05, 0) is 19.3 Å². The Bertz CT molecular complexity index is 98.7. The van der Waals surface area contributed by atoms with Gasteiger partial charge in [0.05, 0.1) is 0 Å². The van der Waals surface area contributed by atoms with Crippen LogP contribution in [0.3, 0.4) is 0 Å². The van der Waals surface area contributed by atoms with E-state index in [2.05, 4.69) is 45.7 Å². The van der Waals surface area contributed by atoms with Gasteiger partial charge < -0.3 is 0 Å². The lowest BCUT2D eigenvalue weighted by Crippen LogP contribution is -2.45. The predicted octanol–water partition coefficient (Wildman–Crippen LogP) is 2.94. The van der Waals surface area contributed by atoms with Crippen LogP contribution in [0, 0.1) is 5.92 Å². The molecule has 1 fully saturated rings. The topological polar surface area (TPSA) is 0 Å².